The van der Waals surface area contributed by atoms with Crippen LogP contribution in [0.15, 0.2) is 53.6 Å². The fourth-order valence-electron chi connectivity index (χ4n) is 1.56. The number of rotatable bonds is 5. The Kier molecular flexibility index (Phi) is 4.81. The molecular weight excluding hydrogens is 260 g/mol. The van der Waals surface area contributed by atoms with E-state index in [4.69, 9.17) is 16.3 Å². The minimum absolute atomic E-state index is 0.656. The molecule has 2 aromatic carbocycles. The van der Waals surface area contributed by atoms with Crippen molar-refractivity contribution in [3.05, 3.63) is 59.1 Å². The average molecular weight is 275 g/mol. The van der Waals surface area contributed by atoms with Gasteiger partial charge in [0.25, 0.3) is 0 Å². The number of hydrazone groups is 1. The molecule has 2 aromatic rings. The number of hydrogen-bond donors (Lipinski definition) is 1. The quantitative estimate of drug-likeness (QED) is 0.655. The van der Waals surface area contributed by atoms with Gasteiger partial charge in [-0.05, 0) is 48.9 Å². The van der Waals surface area contributed by atoms with E-state index in [1.165, 1.54) is 0 Å². The Hall–Kier alpha value is -2.00. The lowest BCUT2D eigenvalue weighted by atomic mass is 10.2. The summed E-state index contributed by atoms with van der Waals surface area (Å²) in [4.78, 5) is 0. The molecular formula is C15H15ClN2O. The molecule has 4 heteroatoms. The molecule has 98 valence electrons. The highest BCUT2D eigenvalue weighted by Gasteiger charge is 1.93. The topological polar surface area (TPSA) is 33.6 Å². The Bertz CT molecular complexity index is 552. The first-order valence-corrected chi connectivity index (χ1v) is 6.43. The third kappa shape index (κ3) is 4.30. The van der Waals surface area contributed by atoms with Gasteiger partial charge in [-0.1, -0.05) is 23.7 Å². The van der Waals surface area contributed by atoms with Gasteiger partial charge in [-0.3, -0.25) is 5.43 Å². The molecule has 0 amide bonds. The van der Waals surface area contributed by atoms with Crippen molar-refractivity contribution in [2.24, 2.45) is 5.10 Å². The zero-order chi connectivity index (χ0) is 13.5. The zero-order valence-corrected chi connectivity index (χ0v) is 11.4. The van der Waals surface area contributed by atoms with Crippen LogP contribution >= 0.6 is 11.6 Å². The van der Waals surface area contributed by atoms with E-state index in [0.29, 0.717) is 11.6 Å². The second-order valence-corrected chi connectivity index (χ2v) is 4.32. The largest absolute Gasteiger partial charge is 0.494 e. The van der Waals surface area contributed by atoms with Gasteiger partial charge in [0.1, 0.15) is 5.75 Å². The van der Waals surface area contributed by atoms with Crippen LogP contribution in [-0.4, -0.2) is 12.8 Å². The summed E-state index contributed by atoms with van der Waals surface area (Å²) in [6.07, 6.45) is 1.75. The van der Waals surface area contributed by atoms with Gasteiger partial charge in [-0.25, -0.2) is 0 Å². The lowest BCUT2D eigenvalue weighted by Gasteiger charge is -2.03. The van der Waals surface area contributed by atoms with Crippen molar-refractivity contribution in [2.75, 3.05) is 12.0 Å². The van der Waals surface area contributed by atoms with E-state index in [0.717, 1.165) is 17.0 Å². The van der Waals surface area contributed by atoms with Crippen molar-refractivity contribution >= 4 is 23.5 Å². The summed E-state index contributed by atoms with van der Waals surface area (Å²) >= 11 is 5.81. The van der Waals surface area contributed by atoms with Crippen LogP contribution in [0.25, 0.3) is 0 Å². The standard InChI is InChI=1S/C15H15ClN2O/c1-2-19-15-5-3-4-12(10-15)11-17-18-14-8-6-13(16)7-9-14/h3-11,18H,2H2,1H3/b17-11+. The minimum atomic E-state index is 0.656. The summed E-state index contributed by atoms with van der Waals surface area (Å²) in [5, 5.41) is 4.88. The fourth-order valence-corrected chi connectivity index (χ4v) is 1.68. The Labute approximate surface area is 117 Å². The molecule has 0 unspecified atom stereocenters. The monoisotopic (exact) mass is 274 g/mol. The van der Waals surface area contributed by atoms with Crippen molar-refractivity contribution in [3.63, 3.8) is 0 Å². The number of nitrogens with zero attached hydrogens (tertiary/aromatic N) is 1. The van der Waals surface area contributed by atoms with Crippen LogP contribution in [-0.2, 0) is 0 Å². The van der Waals surface area contributed by atoms with Gasteiger partial charge in [0.2, 0.25) is 0 Å². The molecule has 0 aliphatic rings. The highest BCUT2D eigenvalue weighted by Crippen LogP contribution is 2.14. The van der Waals surface area contributed by atoms with Gasteiger partial charge in [0.05, 0.1) is 18.5 Å². The van der Waals surface area contributed by atoms with Gasteiger partial charge < -0.3 is 4.74 Å². The van der Waals surface area contributed by atoms with E-state index in [-0.39, 0.29) is 0 Å². The molecule has 0 bridgehead atoms. The molecule has 0 saturated heterocycles. The van der Waals surface area contributed by atoms with Crippen LogP contribution in [0.5, 0.6) is 5.75 Å². The second-order valence-electron chi connectivity index (χ2n) is 3.88. The molecule has 0 radical (unpaired) electrons. The summed E-state index contributed by atoms with van der Waals surface area (Å²) in [7, 11) is 0. The maximum Gasteiger partial charge on any atom is 0.119 e. The van der Waals surface area contributed by atoms with Crippen LogP contribution in [0.1, 0.15) is 12.5 Å². The number of benzene rings is 2. The minimum Gasteiger partial charge on any atom is -0.494 e. The van der Waals surface area contributed by atoms with Crippen molar-refractivity contribution in [2.45, 2.75) is 6.92 Å². The maximum absolute atomic E-state index is 5.81. The van der Waals surface area contributed by atoms with Gasteiger partial charge in [0.15, 0.2) is 0 Å². The summed E-state index contributed by atoms with van der Waals surface area (Å²) in [6.45, 7) is 2.62. The highest BCUT2D eigenvalue weighted by atomic mass is 35.5. The summed E-state index contributed by atoms with van der Waals surface area (Å²) < 4.78 is 5.43. The molecule has 0 saturated carbocycles. The van der Waals surface area contributed by atoms with Crippen LogP contribution in [0, 0.1) is 0 Å². The third-order valence-corrected chi connectivity index (χ3v) is 2.67. The van der Waals surface area contributed by atoms with Crippen LogP contribution in [0.3, 0.4) is 0 Å². The molecule has 0 aromatic heterocycles. The second kappa shape index (κ2) is 6.81. The molecule has 3 nitrogen and oxygen atoms in total. The predicted molar refractivity (Wildman–Crippen MR) is 80.3 cm³/mol. The number of ether oxygens (including phenoxy) is 1. The molecule has 0 aliphatic carbocycles. The maximum atomic E-state index is 5.81. The zero-order valence-electron chi connectivity index (χ0n) is 10.6. The van der Waals surface area contributed by atoms with Crippen molar-refractivity contribution in [1.29, 1.82) is 0 Å². The average Bonchev–Trinajstić information content (AvgIpc) is 2.42. The Balaban J connectivity index is 1.98. The Morgan fingerprint density at radius 3 is 2.74 bits per heavy atom. The van der Waals surface area contributed by atoms with E-state index in [2.05, 4.69) is 10.5 Å². The summed E-state index contributed by atoms with van der Waals surface area (Å²) in [5.41, 5.74) is 4.81. The van der Waals surface area contributed by atoms with Gasteiger partial charge in [-0.15, -0.1) is 0 Å². The molecule has 0 spiro atoms. The van der Waals surface area contributed by atoms with Crippen molar-refractivity contribution < 1.29 is 4.74 Å². The molecule has 2 rings (SSSR count). The first-order valence-electron chi connectivity index (χ1n) is 6.05. The van der Waals surface area contributed by atoms with E-state index < -0.39 is 0 Å². The van der Waals surface area contributed by atoms with Crippen LogP contribution < -0.4 is 10.2 Å². The molecule has 19 heavy (non-hydrogen) atoms. The molecule has 0 aliphatic heterocycles. The molecule has 0 atom stereocenters. The Morgan fingerprint density at radius 2 is 2.00 bits per heavy atom. The van der Waals surface area contributed by atoms with Gasteiger partial charge >= 0.3 is 0 Å². The smallest absolute Gasteiger partial charge is 0.119 e. The SMILES string of the molecule is CCOc1cccc(/C=N/Nc2ccc(Cl)cc2)c1. The van der Waals surface area contributed by atoms with E-state index in [1.807, 2.05) is 55.5 Å². The van der Waals surface area contributed by atoms with Crippen LogP contribution in [0.2, 0.25) is 5.02 Å². The number of anilines is 1. The van der Waals surface area contributed by atoms with E-state index in [1.54, 1.807) is 6.21 Å². The first-order chi connectivity index (χ1) is 9.28. The number of nitrogens with one attached hydrogen (secondary N) is 1. The van der Waals surface area contributed by atoms with Gasteiger partial charge in [0, 0.05) is 5.02 Å². The van der Waals surface area contributed by atoms with Crippen LogP contribution in [0.4, 0.5) is 5.69 Å². The first kappa shape index (κ1) is 13.4. The third-order valence-electron chi connectivity index (χ3n) is 2.42. The Morgan fingerprint density at radius 1 is 1.21 bits per heavy atom. The fraction of sp³-hybridized carbons (Fsp3) is 0.133. The van der Waals surface area contributed by atoms with E-state index >= 15 is 0 Å². The number of hydrogen-bond acceptors (Lipinski definition) is 3. The highest BCUT2D eigenvalue weighted by molar-refractivity contribution is 6.30. The van der Waals surface area contributed by atoms with E-state index in [9.17, 15) is 0 Å². The predicted octanol–water partition coefficient (Wildman–Crippen LogP) is 4.18. The molecule has 0 heterocycles. The lowest BCUT2D eigenvalue weighted by molar-refractivity contribution is 0.340. The van der Waals surface area contributed by atoms with Crippen molar-refractivity contribution in [3.8, 4) is 5.75 Å². The normalized spacial score (nSPS) is 10.6. The molecule has 0 fully saturated rings. The van der Waals surface area contributed by atoms with Crippen molar-refractivity contribution in [1.82, 2.24) is 0 Å². The lowest BCUT2D eigenvalue weighted by Crippen LogP contribution is -1.93. The van der Waals surface area contributed by atoms with Gasteiger partial charge in [-0.2, -0.15) is 5.10 Å². The summed E-state index contributed by atoms with van der Waals surface area (Å²) in [5.74, 6) is 0.845. The summed E-state index contributed by atoms with van der Waals surface area (Å²) in [6, 6.07) is 15.1. The molecule has 1 N–H and O–H groups in total. The number of halogens is 1.